The molecule has 1 aromatic heterocycles. The minimum atomic E-state index is -0.385. The molecule has 0 aliphatic rings. The summed E-state index contributed by atoms with van der Waals surface area (Å²) in [5.41, 5.74) is 2.32. The molecule has 0 saturated heterocycles. The number of nitrogens with zero attached hydrogens (tertiary/aromatic N) is 3. The molecule has 0 radical (unpaired) electrons. The Morgan fingerprint density at radius 1 is 1.06 bits per heavy atom. The van der Waals surface area contributed by atoms with Gasteiger partial charge >= 0.3 is 0 Å². The van der Waals surface area contributed by atoms with Crippen LogP contribution in [-0.2, 0) is 17.8 Å². The van der Waals surface area contributed by atoms with Gasteiger partial charge in [0.2, 0.25) is 5.91 Å². The van der Waals surface area contributed by atoms with Crippen LogP contribution in [0.15, 0.2) is 47.6 Å². The Bertz CT molecular complexity index is 1200. The molecule has 3 aromatic rings. The first kappa shape index (κ1) is 27.0. The van der Waals surface area contributed by atoms with Crippen molar-refractivity contribution >= 4 is 52.5 Å². The molecular weight excluding hydrogens is 505 g/mol. The van der Waals surface area contributed by atoms with E-state index in [1.165, 1.54) is 17.8 Å². The molecule has 2 aromatic carbocycles. The Kier molecular flexibility index (Phi) is 9.60. The van der Waals surface area contributed by atoms with Gasteiger partial charge in [0, 0.05) is 17.8 Å². The van der Waals surface area contributed by atoms with Crippen LogP contribution in [0.3, 0.4) is 0 Å². The minimum absolute atomic E-state index is 0.0444. The van der Waals surface area contributed by atoms with E-state index in [0.717, 1.165) is 17.7 Å². The fourth-order valence-electron chi connectivity index (χ4n) is 3.59. The van der Waals surface area contributed by atoms with Crippen LogP contribution < -0.4 is 10.6 Å². The van der Waals surface area contributed by atoms with Crippen molar-refractivity contribution in [2.75, 3.05) is 11.1 Å². The number of para-hydroxylation sites is 1. The average molecular weight is 535 g/mol. The van der Waals surface area contributed by atoms with Crippen molar-refractivity contribution in [2.45, 2.75) is 51.9 Å². The van der Waals surface area contributed by atoms with Crippen molar-refractivity contribution in [3.05, 3.63) is 69.5 Å². The lowest BCUT2D eigenvalue weighted by Gasteiger charge is -2.22. The van der Waals surface area contributed by atoms with Crippen molar-refractivity contribution in [3.63, 3.8) is 0 Å². The van der Waals surface area contributed by atoms with Crippen molar-refractivity contribution in [1.29, 1.82) is 0 Å². The Hall–Kier alpha value is -2.55. The Morgan fingerprint density at radius 3 is 2.46 bits per heavy atom. The number of benzene rings is 2. The second kappa shape index (κ2) is 12.4. The molecule has 186 valence electrons. The normalized spacial score (nSPS) is 12.0. The van der Waals surface area contributed by atoms with E-state index in [2.05, 4.69) is 27.8 Å². The topological polar surface area (TPSA) is 88.9 Å². The molecular formula is C25H29Cl2N5O2S. The summed E-state index contributed by atoms with van der Waals surface area (Å²) in [5.74, 6) is 0.476. The zero-order valence-corrected chi connectivity index (χ0v) is 22.5. The molecule has 0 spiro atoms. The Morgan fingerprint density at radius 2 is 1.80 bits per heavy atom. The molecule has 7 nitrogen and oxygen atoms in total. The van der Waals surface area contributed by atoms with Crippen molar-refractivity contribution in [3.8, 4) is 0 Å². The molecule has 2 amide bonds. The molecule has 35 heavy (non-hydrogen) atoms. The summed E-state index contributed by atoms with van der Waals surface area (Å²) in [6.45, 7) is 8.62. The third-order valence-corrected chi connectivity index (χ3v) is 7.19. The molecule has 0 aliphatic heterocycles. The van der Waals surface area contributed by atoms with Gasteiger partial charge in [-0.15, -0.1) is 10.2 Å². The monoisotopic (exact) mass is 533 g/mol. The molecule has 0 bridgehead atoms. The van der Waals surface area contributed by atoms with Crippen LogP contribution in [0.1, 0.15) is 55.5 Å². The van der Waals surface area contributed by atoms with Gasteiger partial charge in [0.25, 0.3) is 5.91 Å². The van der Waals surface area contributed by atoms with Gasteiger partial charge in [-0.2, -0.15) is 0 Å². The SMILES string of the molecule is CCc1ccccc1NC(=O)CSc1nnc([C@H](NC(=O)c2ccc(Cl)c(Cl)c2)C(C)C)n1CC. The third-order valence-electron chi connectivity index (χ3n) is 5.48. The average Bonchev–Trinajstić information content (AvgIpc) is 3.25. The number of aryl methyl sites for hydroxylation is 1. The zero-order chi connectivity index (χ0) is 25.5. The highest BCUT2D eigenvalue weighted by molar-refractivity contribution is 7.99. The maximum atomic E-state index is 12.9. The number of halogens is 2. The summed E-state index contributed by atoms with van der Waals surface area (Å²) < 4.78 is 1.93. The van der Waals surface area contributed by atoms with Crippen LogP contribution in [0.25, 0.3) is 0 Å². The summed E-state index contributed by atoms with van der Waals surface area (Å²) >= 11 is 13.4. The fraction of sp³-hybridized carbons (Fsp3) is 0.360. The van der Waals surface area contributed by atoms with Crippen LogP contribution >= 0.6 is 35.0 Å². The summed E-state index contributed by atoms with van der Waals surface area (Å²) in [6.07, 6.45) is 0.835. The van der Waals surface area contributed by atoms with Gasteiger partial charge in [-0.25, -0.2) is 0 Å². The van der Waals surface area contributed by atoms with E-state index in [0.29, 0.717) is 33.1 Å². The number of thioether (sulfide) groups is 1. The summed E-state index contributed by atoms with van der Waals surface area (Å²) in [6, 6.07) is 12.1. The van der Waals surface area contributed by atoms with E-state index < -0.39 is 0 Å². The lowest BCUT2D eigenvalue weighted by atomic mass is 10.0. The first-order valence-electron chi connectivity index (χ1n) is 11.4. The number of hydrogen-bond donors (Lipinski definition) is 2. The number of aromatic nitrogens is 3. The van der Waals surface area contributed by atoms with Crippen LogP contribution in [-0.4, -0.2) is 32.3 Å². The van der Waals surface area contributed by atoms with Crippen LogP contribution in [0, 0.1) is 5.92 Å². The van der Waals surface area contributed by atoms with Crippen LogP contribution in [0.2, 0.25) is 10.0 Å². The quantitative estimate of drug-likeness (QED) is 0.311. The minimum Gasteiger partial charge on any atom is -0.342 e. The number of nitrogens with one attached hydrogen (secondary N) is 2. The maximum Gasteiger partial charge on any atom is 0.251 e. The number of carbonyl (C=O) groups is 2. The predicted molar refractivity (Wildman–Crippen MR) is 142 cm³/mol. The third kappa shape index (κ3) is 6.78. The highest BCUT2D eigenvalue weighted by Crippen LogP contribution is 2.27. The molecule has 2 N–H and O–H groups in total. The Balaban J connectivity index is 1.73. The molecule has 10 heteroatoms. The fourth-order valence-corrected chi connectivity index (χ4v) is 4.70. The summed E-state index contributed by atoms with van der Waals surface area (Å²) in [7, 11) is 0. The van der Waals surface area contributed by atoms with E-state index in [-0.39, 0.29) is 29.5 Å². The predicted octanol–water partition coefficient (Wildman–Crippen LogP) is 6.03. The highest BCUT2D eigenvalue weighted by atomic mass is 35.5. The van der Waals surface area contributed by atoms with Gasteiger partial charge in [-0.3, -0.25) is 9.59 Å². The number of anilines is 1. The molecule has 1 atom stereocenters. The van der Waals surface area contributed by atoms with E-state index in [1.807, 2.05) is 49.6 Å². The molecule has 0 fully saturated rings. The Labute approximate surface area is 220 Å². The molecule has 0 unspecified atom stereocenters. The summed E-state index contributed by atoms with van der Waals surface area (Å²) in [4.78, 5) is 25.5. The van der Waals surface area contributed by atoms with Crippen molar-refractivity contribution in [1.82, 2.24) is 20.1 Å². The lowest BCUT2D eigenvalue weighted by Crippen LogP contribution is -2.33. The molecule has 3 rings (SSSR count). The number of amides is 2. The first-order valence-corrected chi connectivity index (χ1v) is 13.2. The number of hydrogen-bond acceptors (Lipinski definition) is 5. The van der Waals surface area contributed by atoms with Gasteiger partial charge < -0.3 is 15.2 Å². The van der Waals surface area contributed by atoms with Gasteiger partial charge in [0.1, 0.15) is 0 Å². The van der Waals surface area contributed by atoms with E-state index in [9.17, 15) is 9.59 Å². The van der Waals surface area contributed by atoms with Crippen LogP contribution in [0.5, 0.6) is 0 Å². The zero-order valence-electron chi connectivity index (χ0n) is 20.1. The van der Waals surface area contributed by atoms with Gasteiger partial charge in [-0.1, -0.05) is 73.9 Å². The second-order valence-electron chi connectivity index (χ2n) is 8.26. The summed E-state index contributed by atoms with van der Waals surface area (Å²) in [5, 5.41) is 16.0. The van der Waals surface area contributed by atoms with E-state index in [4.69, 9.17) is 23.2 Å². The van der Waals surface area contributed by atoms with E-state index >= 15 is 0 Å². The van der Waals surface area contributed by atoms with Crippen molar-refractivity contribution in [2.24, 2.45) is 5.92 Å². The lowest BCUT2D eigenvalue weighted by molar-refractivity contribution is -0.113. The number of rotatable bonds is 10. The van der Waals surface area contributed by atoms with Crippen LogP contribution in [0.4, 0.5) is 5.69 Å². The largest absolute Gasteiger partial charge is 0.342 e. The highest BCUT2D eigenvalue weighted by Gasteiger charge is 2.26. The molecule has 0 aliphatic carbocycles. The molecule has 1 heterocycles. The van der Waals surface area contributed by atoms with E-state index in [1.54, 1.807) is 12.1 Å². The second-order valence-corrected chi connectivity index (χ2v) is 10.0. The van der Waals surface area contributed by atoms with Gasteiger partial charge in [0.15, 0.2) is 11.0 Å². The standard InChI is InChI=1S/C25H29Cl2N5O2S/c1-5-16-9-7-8-10-20(16)28-21(33)14-35-25-31-30-23(32(25)6-2)22(15(3)4)29-24(34)17-11-12-18(26)19(27)13-17/h7-13,15,22H,5-6,14H2,1-4H3,(H,28,33)(H,29,34)/t22-/m1/s1. The smallest absolute Gasteiger partial charge is 0.251 e. The van der Waals surface area contributed by atoms with Crippen molar-refractivity contribution < 1.29 is 9.59 Å². The van der Waals surface area contributed by atoms with Gasteiger partial charge in [-0.05, 0) is 49.1 Å². The maximum absolute atomic E-state index is 12.9. The van der Waals surface area contributed by atoms with Gasteiger partial charge in [0.05, 0.1) is 21.8 Å². The number of carbonyl (C=O) groups excluding carboxylic acids is 2. The first-order chi connectivity index (χ1) is 16.7. The molecule has 0 saturated carbocycles.